The molecule has 0 radical (unpaired) electrons. The molecule has 1 aromatic rings. The lowest BCUT2D eigenvalue weighted by atomic mass is 10.4. The first-order valence-electron chi connectivity index (χ1n) is 5.60. The van der Waals surface area contributed by atoms with E-state index in [0.29, 0.717) is 28.6 Å². The Kier molecular flexibility index (Phi) is 8.42. The van der Waals surface area contributed by atoms with Crippen LogP contribution in [0, 0.1) is 10.1 Å². The van der Waals surface area contributed by atoms with E-state index >= 15 is 0 Å². The highest BCUT2D eigenvalue weighted by Crippen LogP contribution is 2.39. The number of hydrogen-bond donors (Lipinski definition) is 2. The molecule has 0 spiro atoms. The number of halogens is 2. The van der Waals surface area contributed by atoms with Gasteiger partial charge in [0.2, 0.25) is 0 Å². The third-order valence-electron chi connectivity index (χ3n) is 2.12. The summed E-state index contributed by atoms with van der Waals surface area (Å²) in [4.78, 5) is 10.8. The van der Waals surface area contributed by atoms with E-state index < -0.39 is 12.6 Å². The molecule has 0 amide bonds. The van der Waals surface area contributed by atoms with Gasteiger partial charge in [0.15, 0.2) is 0 Å². The first-order valence-corrected chi connectivity index (χ1v) is 10.3. The second-order valence-corrected chi connectivity index (χ2v) is 8.09. The lowest BCUT2D eigenvalue weighted by molar-refractivity contribution is -0.385. The van der Waals surface area contributed by atoms with Crippen molar-refractivity contribution >= 4 is 56.6 Å². The molecule has 0 saturated heterocycles. The fourth-order valence-corrected chi connectivity index (χ4v) is 4.55. The van der Waals surface area contributed by atoms with E-state index in [4.69, 9.17) is 4.52 Å². The van der Waals surface area contributed by atoms with Crippen LogP contribution < -0.4 is 10.2 Å². The lowest BCUT2D eigenvalue weighted by Crippen LogP contribution is -2.26. The average molecular weight is 451 g/mol. The molecule has 7 nitrogen and oxygen atoms in total. The van der Waals surface area contributed by atoms with Crippen LogP contribution in [0.5, 0.6) is 0 Å². The van der Waals surface area contributed by atoms with Crippen molar-refractivity contribution in [1.82, 2.24) is 10.2 Å². The van der Waals surface area contributed by atoms with Crippen molar-refractivity contribution < 1.29 is 14.0 Å². The van der Waals surface area contributed by atoms with Crippen molar-refractivity contribution in [3.8, 4) is 0 Å². The van der Waals surface area contributed by atoms with Crippen LogP contribution in [0.4, 0.5) is 5.69 Å². The van der Waals surface area contributed by atoms with Gasteiger partial charge in [-0.05, 0) is 5.38 Å². The number of nitro groups is 1. The molecule has 0 aromatic carbocycles. The largest absolute Gasteiger partial charge is 0.341 e. The summed E-state index contributed by atoms with van der Waals surface area (Å²) in [7, 11) is -3.22. The highest BCUT2D eigenvalue weighted by atomic mass is 79.9. The topological polar surface area (TPSA) is 93.5 Å². The predicted octanol–water partition coefficient (Wildman–Crippen LogP) is 3.25. The molecule has 0 atom stereocenters. The van der Waals surface area contributed by atoms with Gasteiger partial charge >= 0.3 is 7.67 Å². The van der Waals surface area contributed by atoms with Crippen LogP contribution in [0.15, 0.2) is 11.4 Å². The monoisotopic (exact) mass is 449 g/mol. The zero-order valence-corrected chi connectivity index (χ0v) is 15.3. The smallest absolute Gasteiger partial charge is 0.300 e. The van der Waals surface area contributed by atoms with E-state index in [1.54, 1.807) is 5.38 Å². The summed E-state index contributed by atoms with van der Waals surface area (Å²) in [5.41, 5.74) is -0.0115. The molecule has 0 bridgehead atoms. The Morgan fingerprint density at radius 2 is 1.95 bits per heavy atom. The Labute approximate surface area is 137 Å². The standard InChI is InChI=1S/C9H14Br2N3O4PS/c10-2-4-12-19(17,13-5-3-11)18-7-9-8(14(15)16)1-6-20-9/h1,6H,2-5,7H2,(H2,12,13,17). The zero-order chi connectivity index (χ0) is 15.0. The number of hydrogen-bond acceptors (Lipinski definition) is 5. The maximum Gasteiger partial charge on any atom is 0.341 e. The number of alkyl halides is 2. The normalized spacial score (nSPS) is 11.7. The fraction of sp³-hybridized carbons (Fsp3) is 0.556. The highest BCUT2D eigenvalue weighted by Gasteiger charge is 2.24. The summed E-state index contributed by atoms with van der Waals surface area (Å²) in [6, 6.07) is 1.41. The predicted molar refractivity (Wildman–Crippen MR) is 87.0 cm³/mol. The Hall–Kier alpha value is 0.170. The van der Waals surface area contributed by atoms with Gasteiger partial charge in [0.05, 0.1) is 11.5 Å². The molecular weight excluding hydrogens is 437 g/mol. The molecule has 2 N–H and O–H groups in total. The van der Waals surface area contributed by atoms with Crippen LogP contribution >= 0.6 is 50.9 Å². The molecule has 0 fully saturated rings. The highest BCUT2D eigenvalue weighted by molar-refractivity contribution is 9.09. The van der Waals surface area contributed by atoms with Gasteiger partial charge in [0.25, 0.3) is 5.69 Å². The van der Waals surface area contributed by atoms with Crippen molar-refractivity contribution in [2.75, 3.05) is 23.7 Å². The number of nitrogens with zero attached hydrogens (tertiary/aromatic N) is 1. The van der Waals surface area contributed by atoms with Crippen molar-refractivity contribution in [1.29, 1.82) is 0 Å². The first kappa shape index (κ1) is 18.2. The Balaban J connectivity index is 2.67. The van der Waals surface area contributed by atoms with Crippen LogP contribution in [0.1, 0.15) is 4.88 Å². The molecule has 0 aliphatic rings. The molecule has 1 heterocycles. The summed E-state index contributed by atoms with van der Waals surface area (Å²) in [5, 5.41) is 19.2. The SMILES string of the molecule is O=[N+]([O-])c1ccsc1COP(=O)(NCCBr)NCCBr. The van der Waals surface area contributed by atoms with Crippen molar-refractivity contribution in [2.45, 2.75) is 6.61 Å². The molecule has 1 rings (SSSR count). The average Bonchev–Trinajstić information content (AvgIpc) is 2.90. The molecule has 11 heteroatoms. The molecule has 114 valence electrons. The van der Waals surface area contributed by atoms with Gasteiger partial charge in [-0.15, -0.1) is 11.3 Å². The summed E-state index contributed by atoms with van der Waals surface area (Å²) in [6.07, 6.45) is 0. The summed E-state index contributed by atoms with van der Waals surface area (Å²) >= 11 is 7.66. The van der Waals surface area contributed by atoms with Gasteiger partial charge in [-0.2, -0.15) is 0 Å². The quantitative estimate of drug-likeness (QED) is 0.246. The van der Waals surface area contributed by atoms with Crippen molar-refractivity contribution in [3.63, 3.8) is 0 Å². The molecular formula is C9H14Br2N3O4PS. The zero-order valence-electron chi connectivity index (χ0n) is 10.4. The lowest BCUT2D eigenvalue weighted by Gasteiger charge is -2.19. The summed E-state index contributed by atoms with van der Waals surface area (Å²) < 4.78 is 17.8. The molecule has 1 aromatic heterocycles. The van der Waals surface area contributed by atoms with Gasteiger partial charge in [-0.3, -0.25) is 14.7 Å². The van der Waals surface area contributed by atoms with Gasteiger partial charge in [0, 0.05) is 29.8 Å². The van der Waals surface area contributed by atoms with Crippen LogP contribution in [0.25, 0.3) is 0 Å². The molecule has 20 heavy (non-hydrogen) atoms. The van der Waals surface area contributed by atoms with E-state index in [1.165, 1.54) is 17.4 Å². The minimum Gasteiger partial charge on any atom is -0.300 e. The number of thiophene rings is 1. The van der Waals surface area contributed by atoms with Gasteiger partial charge in [-0.25, -0.2) is 10.2 Å². The van der Waals surface area contributed by atoms with Crippen molar-refractivity contribution in [2.24, 2.45) is 0 Å². The number of rotatable bonds is 10. The molecule has 0 unspecified atom stereocenters. The van der Waals surface area contributed by atoms with Crippen LogP contribution in [-0.4, -0.2) is 28.7 Å². The molecule has 0 aliphatic carbocycles. The van der Waals surface area contributed by atoms with E-state index in [2.05, 4.69) is 42.0 Å². The van der Waals surface area contributed by atoms with E-state index in [-0.39, 0.29) is 12.3 Å². The fourth-order valence-electron chi connectivity index (χ4n) is 1.28. The maximum absolute atomic E-state index is 12.5. The minimum atomic E-state index is -3.22. The van der Waals surface area contributed by atoms with Crippen LogP contribution in [0.2, 0.25) is 0 Å². The van der Waals surface area contributed by atoms with E-state index in [1.807, 2.05) is 0 Å². The molecule has 0 saturated carbocycles. The second-order valence-electron chi connectivity index (χ2n) is 3.51. The Morgan fingerprint density at radius 3 is 2.45 bits per heavy atom. The van der Waals surface area contributed by atoms with E-state index in [0.717, 1.165) is 0 Å². The molecule has 0 aliphatic heterocycles. The van der Waals surface area contributed by atoms with Gasteiger partial charge in [0.1, 0.15) is 4.88 Å². The summed E-state index contributed by atoms with van der Waals surface area (Å²) in [6.45, 7) is 0.841. The Morgan fingerprint density at radius 1 is 1.35 bits per heavy atom. The van der Waals surface area contributed by atoms with Crippen LogP contribution in [0.3, 0.4) is 0 Å². The van der Waals surface area contributed by atoms with Crippen LogP contribution in [-0.2, 0) is 15.7 Å². The van der Waals surface area contributed by atoms with Gasteiger partial charge in [-0.1, -0.05) is 31.9 Å². The van der Waals surface area contributed by atoms with Gasteiger partial charge < -0.3 is 4.52 Å². The maximum atomic E-state index is 12.5. The minimum absolute atomic E-state index is 0.0115. The van der Waals surface area contributed by atoms with E-state index in [9.17, 15) is 14.7 Å². The first-order chi connectivity index (χ1) is 9.52. The Bertz CT molecular complexity index is 476. The third-order valence-corrected chi connectivity index (χ3v) is 5.57. The van der Waals surface area contributed by atoms with Crippen molar-refractivity contribution in [3.05, 3.63) is 26.4 Å². The summed E-state index contributed by atoms with van der Waals surface area (Å²) in [5.74, 6) is 0. The second kappa shape index (κ2) is 9.24. The third kappa shape index (κ3) is 5.88. The number of nitrogens with one attached hydrogen (secondary N) is 2.